The number of hydrogen-bond donors (Lipinski definition) is 1. The molecule has 1 aliphatic heterocycles. The first-order chi connectivity index (χ1) is 9.76. The van der Waals surface area contributed by atoms with Crippen molar-refractivity contribution in [2.24, 2.45) is 5.92 Å². The van der Waals surface area contributed by atoms with Crippen LogP contribution in [0.5, 0.6) is 11.5 Å². The van der Waals surface area contributed by atoms with Crippen LogP contribution in [0, 0.1) is 5.92 Å². The molecule has 4 nitrogen and oxygen atoms in total. The van der Waals surface area contributed by atoms with Gasteiger partial charge in [0.25, 0.3) is 0 Å². The minimum absolute atomic E-state index is 0.770. The van der Waals surface area contributed by atoms with Gasteiger partial charge in [-0.15, -0.1) is 0 Å². The van der Waals surface area contributed by atoms with Crippen molar-refractivity contribution < 1.29 is 9.47 Å². The molecule has 112 valence electrons. The molecular formula is C16H26N2O2. The van der Waals surface area contributed by atoms with E-state index in [2.05, 4.69) is 17.1 Å². The van der Waals surface area contributed by atoms with E-state index in [1.165, 1.54) is 26.1 Å². The third-order valence-electron chi connectivity index (χ3n) is 4.05. The molecule has 2 rings (SSSR count). The zero-order valence-electron chi connectivity index (χ0n) is 12.8. The summed E-state index contributed by atoms with van der Waals surface area (Å²) < 4.78 is 10.7. The fourth-order valence-corrected chi connectivity index (χ4v) is 2.80. The van der Waals surface area contributed by atoms with E-state index in [-0.39, 0.29) is 0 Å². The summed E-state index contributed by atoms with van der Waals surface area (Å²) in [7, 11) is 3.40. The van der Waals surface area contributed by atoms with Crippen LogP contribution in [0.2, 0.25) is 0 Å². The lowest BCUT2D eigenvalue weighted by molar-refractivity contribution is 0.338. The van der Waals surface area contributed by atoms with Crippen molar-refractivity contribution in [2.45, 2.75) is 19.9 Å². The number of nitrogens with one attached hydrogen (secondary N) is 1. The summed E-state index contributed by atoms with van der Waals surface area (Å²) in [4.78, 5) is 2.51. The van der Waals surface area contributed by atoms with Gasteiger partial charge in [-0.3, -0.25) is 0 Å². The van der Waals surface area contributed by atoms with Crippen molar-refractivity contribution in [1.82, 2.24) is 10.2 Å². The molecule has 0 spiro atoms. The van der Waals surface area contributed by atoms with Crippen LogP contribution in [0.4, 0.5) is 0 Å². The van der Waals surface area contributed by atoms with Crippen LogP contribution in [0.3, 0.4) is 0 Å². The molecule has 0 aliphatic carbocycles. The van der Waals surface area contributed by atoms with Crippen LogP contribution in [0.1, 0.15) is 18.9 Å². The normalized spacial score (nSPS) is 19.2. The number of nitrogens with zero attached hydrogens (tertiary/aromatic N) is 1. The average molecular weight is 278 g/mol. The van der Waals surface area contributed by atoms with Gasteiger partial charge in [0, 0.05) is 18.7 Å². The van der Waals surface area contributed by atoms with E-state index in [1.54, 1.807) is 14.2 Å². The molecule has 1 fully saturated rings. The van der Waals surface area contributed by atoms with E-state index in [4.69, 9.17) is 9.47 Å². The summed E-state index contributed by atoms with van der Waals surface area (Å²) in [6.07, 6.45) is 1.30. The second-order valence-electron chi connectivity index (χ2n) is 5.36. The summed E-state index contributed by atoms with van der Waals surface area (Å²) in [5.74, 6) is 2.56. The third-order valence-corrected chi connectivity index (χ3v) is 4.05. The first kappa shape index (κ1) is 15.1. The highest BCUT2D eigenvalue weighted by atomic mass is 16.5. The Morgan fingerprint density at radius 1 is 1.30 bits per heavy atom. The fraction of sp³-hybridized carbons (Fsp3) is 0.625. The maximum atomic E-state index is 5.40. The molecule has 0 aromatic heterocycles. The predicted molar refractivity (Wildman–Crippen MR) is 81.5 cm³/mol. The Morgan fingerprint density at radius 2 is 2.15 bits per heavy atom. The predicted octanol–water partition coefficient (Wildman–Crippen LogP) is 2.14. The second kappa shape index (κ2) is 7.50. The van der Waals surface area contributed by atoms with Gasteiger partial charge in [0.15, 0.2) is 0 Å². The van der Waals surface area contributed by atoms with Gasteiger partial charge in [0.1, 0.15) is 11.5 Å². The maximum Gasteiger partial charge on any atom is 0.123 e. The minimum atomic E-state index is 0.770. The van der Waals surface area contributed by atoms with Crippen LogP contribution in [0.25, 0.3) is 0 Å². The fourth-order valence-electron chi connectivity index (χ4n) is 2.80. The van der Waals surface area contributed by atoms with E-state index in [0.29, 0.717) is 0 Å². The van der Waals surface area contributed by atoms with Crippen molar-refractivity contribution >= 4 is 0 Å². The van der Waals surface area contributed by atoms with Gasteiger partial charge >= 0.3 is 0 Å². The van der Waals surface area contributed by atoms with Gasteiger partial charge in [-0.1, -0.05) is 6.92 Å². The van der Waals surface area contributed by atoms with Gasteiger partial charge in [-0.05, 0) is 50.2 Å². The quantitative estimate of drug-likeness (QED) is 0.828. The first-order valence-corrected chi connectivity index (χ1v) is 7.40. The lowest BCUT2D eigenvalue weighted by atomic mass is 10.1. The molecule has 0 saturated carbocycles. The number of hydrogen-bond acceptors (Lipinski definition) is 4. The molecule has 1 aliphatic rings. The molecule has 1 saturated heterocycles. The zero-order valence-corrected chi connectivity index (χ0v) is 12.8. The molecule has 1 atom stereocenters. The number of likely N-dealkylation sites (tertiary alicyclic amines) is 1. The van der Waals surface area contributed by atoms with E-state index in [9.17, 15) is 0 Å². The molecular weight excluding hydrogens is 252 g/mol. The Labute approximate surface area is 122 Å². The van der Waals surface area contributed by atoms with E-state index < -0.39 is 0 Å². The average Bonchev–Trinajstić information content (AvgIpc) is 2.95. The zero-order chi connectivity index (χ0) is 14.4. The molecule has 0 amide bonds. The number of methoxy groups -OCH3 is 2. The summed E-state index contributed by atoms with van der Waals surface area (Å²) in [5.41, 5.74) is 1.15. The Hall–Kier alpha value is -1.26. The first-order valence-electron chi connectivity index (χ1n) is 7.40. The van der Waals surface area contributed by atoms with Gasteiger partial charge in [0.05, 0.1) is 14.2 Å². The minimum Gasteiger partial charge on any atom is -0.497 e. The highest BCUT2D eigenvalue weighted by molar-refractivity contribution is 5.40. The molecule has 1 heterocycles. The molecule has 20 heavy (non-hydrogen) atoms. The Kier molecular flexibility index (Phi) is 5.68. The Balaban J connectivity index is 1.84. The summed E-state index contributed by atoms with van der Waals surface area (Å²) in [5, 5.41) is 3.55. The van der Waals surface area contributed by atoms with Crippen molar-refractivity contribution in [3.05, 3.63) is 23.8 Å². The van der Waals surface area contributed by atoms with Gasteiger partial charge in [0.2, 0.25) is 0 Å². The number of rotatable bonds is 7. The standard InChI is InChI=1S/C16H26N2O2/c1-4-18-8-7-13(12-18)10-17-11-14-9-15(19-2)5-6-16(14)20-3/h5-6,9,13,17H,4,7-8,10-12H2,1-3H3. The van der Waals surface area contributed by atoms with E-state index >= 15 is 0 Å². The third kappa shape index (κ3) is 3.87. The van der Waals surface area contributed by atoms with Crippen molar-refractivity contribution in [3.63, 3.8) is 0 Å². The topological polar surface area (TPSA) is 33.7 Å². The molecule has 1 aromatic carbocycles. The lowest BCUT2D eigenvalue weighted by Gasteiger charge is -2.15. The number of ether oxygens (including phenoxy) is 2. The van der Waals surface area contributed by atoms with Crippen LogP contribution in [0.15, 0.2) is 18.2 Å². The highest BCUT2D eigenvalue weighted by Crippen LogP contribution is 2.24. The van der Waals surface area contributed by atoms with Crippen LogP contribution in [-0.2, 0) is 6.54 Å². The molecule has 0 radical (unpaired) electrons. The SMILES string of the molecule is CCN1CCC(CNCc2cc(OC)ccc2OC)C1. The lowest BCUT2D eigenvalue weighted by Crippen LogP contribution is -2.26. The van der Waals surface area contributed by atoms with E-state index in [1.807, 2.05) is 18.2 Å². The summed E-state index contributed by atoms with van der Waals surface area (Å²) in [6.45, 7) is 7.75. The Bertz CT molecular complexity index is 423. The van der Waals surface area contributed by atoms with Crippen LogP contribution >= 0.6 is 0 Å². The van der Waals surface area contributed by atoms with Gasteiger partial charge < -0.3 is 19.7 Å². The molecule has 1 unspecified atom stereocenters. The van der Waals surface area contributed by atoms with E-state index in [0.717, 1.165) is 36.1 Å². The van der Waals surface area contributed by atoms with Crippen molar-refractivity contribution in [3.8, 4) is 11.5 Å². The molecule has 4 heteroatoms. The highest BCUT2D eigenvalue weighted by Gasteiger charge is 2.20. The second-order valence-corrected chi connectivity index (χ2v) is 5.36. The van der Waals surface area contributed by atoms with Crippen LogP contribution < -0.4 is 14.8 Å². The van der Waals surface area contributed by atoms with Crippen LogP contribution in [-0.4, -0.2) is 45.3 Å². The van der Waals surface area contributed by atoms with Crippen molar-refractivity contribution in [2.75, 3.05) is 40.4 Å². The number of benzene rings is 1. The maximum absolute atomic E-state index is 5.40. The van der Waals surface area contributed by atoms with Gasteiger partial charge in [-0.25, -0.2) is 0 Å². The Morgan fingerprint density at radius 3 is 2.80 bits per heavy atom. The molecule has 0 bridgehead atoms. The summed E-state index contributed by atoms with van der Waals surface area (Å²) >= 11 is 0. The van der Waals surface area contributed by atoms with Gasteiger partial charge in [-0.2, -0.15) is 0 Å². The summed E-state index contributed by atoms with van der Waals surface area (Å²) in [6, 6.07) is 5.93. The van der Waals surface area contributed by atoms with Crippen molar-refractivity contribution in [1.29, 1.82) is 0 Å². The molecule has 1 N–H and O–H groups in total. The molecule has 1 aromatic rings. The monoisotopic (exact) mass is 278 g/mol. The smallest absolute Gasteiger partial charge is 0.123 e. The largest absolute Gasteiger partial charge is 0.497 e.